The molecule has 0 spiro atoms. The zero-order valence-corrected chi connectivity index (χ0v) is 9.68. The van der Waals surface area contributed by atoms with Crippen LogP contribution in [-0.4, -0.2) is 23.9 Å². The number of carbonyl (C=O) groups is 1. The molecule has 1 amide bonds. The first-order valence-electron chi connectivity index (χ1n) is 5.50. The first-order chi connectivity index (χ1) is 6.87. The van der Waals surface area contributed by atoms with Crippen molar-refractivity contribution in [1.29, 1.82) is 0 Å². The molecule has 1 aliphatic rings. The standard InChI is InChI=1S/C11H20FNO2/c1-11(2,3)15-10(14)13-9-6-4-5-8(12)7-9/h8-9H,4-7H2,1-3H3,(H,13,14)/t8-,9-/m0/s1. The van der Waals surface area contributed by atoms with E-state index in [1.165, 1.54) is 0 Å². The molecule has 0 aromatic carbocycles. The normalized spacial score (nSPS) is 27.2. The van der Waals surface area contributed by atoms with Crippen molar-refractivity contribution >= 4 is 6.09 Å². The molecule has 15 heavy (non-hydrogen) atoms. The smallest absolute Gasteiger partial charge is 0.407 e. The first-order valence-corrected chi connectivity index (χ1v) is 5.50. The van der Waals surface area contributed by atoms with Crippen LogP contribution in [-0.2, 0) is 4.74 Å². The van der Waals surface area contributed by atoms with E-state index in [0.717, 1.165) is 12.8 Å². The number of halogens is 1. The highest BCUT2D eigenvalue weighted by atomic mass is 19.1. The van der Waals surface area contributed by atoms with Crippen molar-refractivity contribution < 1.29 is 13.9 Å². The number of ether oxygens (including phenoxy) is 1. The van der Waals surface area contributed by atoms with Gasteiger partial charge in [0.2, 0.25) is 0 Å². The van der Waals surface area contributed by atoms with Crippen LogP contribution in [0.5, 0.6) is 0 Å². The van der Waals surface area contributed by atoms with Crippen molar-refractivity contribution in [3.8, 4) is 0 Å². The summed E-state index contributed by atoms with van der Waals surface area (Å²) in [6.07, 6.45) is 1.49. The lowest BCUT2D eigenvalue weighted by molar-refractivity contribution is 0.0480. The lowest BCUT2D eigenvalue weighted by Crippen LogP contribution is -2.41. The fourth-order valence-electron chi connectivity index (χ4n) is 1.74. The molecule has 2 atom stereocenters. The summed E-state index contributed by atoms with van der Waals surface area (Å²) in [6.45, 7) is 5.43. The van der Waals surface area contributed by atoms with Gasteiger partial charge in [-0.25, -0.2) is 9.18 Å². The van der Waals surface area contributed by atoms with Gasteiger partial charge in [0, 0.05) is 6.04 Å². The monoisotopic (exact) mass is 217 g/mol. The molecule has 1 saturated carbocycles. The van der Waals surface area contributed by atoms with Gasteiger partial charge in [-0.15, -0.1) is 0 Å². The Morgan fingerprint density at radius 1 is 1.40 bits per heavy atom. The third kappa shape index (κ3) is 5.00. The molecule has 1 N–H and O–H groups in total. The SMILES string of the molecule is CC(C)(C)OC(=O)N[C@H]1CCC[C@H](F)C1. The van der Waals surface area contributed by atoms with E-state index in [1.807, 2.05) is 20.8 Å². The van der Waals surface area contributed by atoms with Crippen LogP contribution in [0.3, 0.4) is 0 Å². The molecule has 0 radical (unpaired) electrons. The van der Waals surface area contributed by atoms with E-state index >= 15 is 0 Å². The number of amides is 1. The maximum absolute atomic E-state index is 13.0. The van der Waals surface area contributed by atoms with E-state index < -0.39 is 17.9 Å². The summed E-state index contributed by atoms with van der Waals surface area (Å²) in [6, 6.07) is -0.0661. The second-order valence-corrected chi connectivity index (χ2v) is 5.11. The number of alkyl carbamates (subject to hydrolysis) is 1. The number of alkyl halides is 1. The number of carbonyl (C=O) groups excluding carboxylic acids is 1. The van der Waals surface area contributed by atoms with Crippen LogP contribution in [0, 0.1) is 0 Å². The Morgan fingerprint density at radius 2 is 2.07 bits per heavy atom. The van der Waals surface area contributed by atoms with Crippen LogP contribution in [0.15, 0.2) is 0 Å². The summed E-state index contributed by atoms with van der Waals surface area (Å²) in [5, 5.41) is 2.70. The summed E-state index contributed by atoms with van der Waals surface area (Å²) in [7, 11) is 0. The van der Waals surface area contributed by atoms with Gasteiger partial charge >= 0.3 is 6.09 Å². The van der Waals surface area contributed by atoms with Gasteiger partial charge in [-0.3, -0.25) is 0 Å². The Labute approximate surface area is 90.4 Å². The Kier molecular flexibility index (Phi) is 3.94. The zero-order valence-electron chi connectivity index (χ0n) is 9.68. The van der Waals surface area contributed by atoms with Crippen molar-refractivity contribution in [3.63, 3.8) is 0 Å². The largest absolute Gasteiger partial charge is 0.444 e. The molecule has 0 aromatic rings. The molecule has 0 unspecified atom stereocenters. The Balaban J connectivity index is 2.31. The molecule has 0 aromatic heterocycles. The Bertz CT molecular complexity index is 225. The molecule has 1 aliphatic carbocycles. The number of nitrogens with one attached hydrogen (secondary N) is 1. The minimum atomic E-state index is -0.779. The second-order valence-electron chi connectivity index (χ2n) is 5.11. The third-order valence-electron chi connectivity index (χ3n) is 2.33. The van der Waals surface area contributed by atoms with Gasteiger partial charge in [0.05, 0.1) is 0 Å². The summed E-state index contributed by atoms with van der Waals surface area (Å²) in [5.74, 6) is 0. The van der Waals surface area contributed by atoms with E-state index in [0.29, 0.717) is 12.8 Å². The summed E-state index contributed by atoms with van der Waals surface area (Å²) in [5.41, 5.74) is -0.492. The van der Waals surface area contributed by atoms with Gasteiger partial charge in [0.1, 0.15) is 11.8 Å². The topological polar surface area (TPSA) is 38.3 Å². The van der Waals surface area contributed by atoms with E-state index in [2.05, 4.69) is 5.32 Å². The maximum atomic E-state index is 13.0. The van der Waals surface area contributed by atoms with Crippen molar-refractivity contribution in [1.82, 2.24) is 5.32 Å². The maximum Gasteiger partial charge on any atom is 0.407 e. The molecule has 0 bridgehead atoms. The van der Waals surface area contributed by atoms with Crippen LogP contribution in [0.4, 0.5) is 9.18 Å². The van der Waals surface area contributed by atoms with Gasteiger partial charge < -0.3 is 10.1 Å². The Hall–Kier alpha value is -0.800. The van der Waals surface area contributed by atoms with Crippen LogP contribution >= 0.6 is 0 Å². The van der Waals surface area contributed by atoms with Crippen LogP contribution in [0.25, 0.3) is 0 Å². The van der Waals surface area contributed by atoms with Crippen molar-refractivity contribution in [2.45, 2.75) is 64.3 Å². The number of rotatable bonds is 1. The average molecular weight is 217 g/mol. The van der Waals surface area contributed by atoms with Crippen LogP contribution in [0.1, 0.15) is 46.5 Å². The predicted molar refractivity (Wildman–Crippen MR) is 56.5 cm³/mol. The fraction of sp³-hybridized carbons (Fsp3) is 0.909. The lowest BCUT2D eigenvalue weighted by Gasteiger charge is -2.27. The quantitative estimate of drug-likeness (QED) is 0.733. The van der Waals surface area contributed by atoms with E-state index in [1.54, 1.807) is 0 Å². The van der Waals surface area contributed by atoms with Gasteiger partial charge in [-0.1, -0.05) is 0 Å². The van der Waals surface area contributed by atoms with E-state index in [9.17, 15) is 9.18 Å². The minimum Gasteiger partial charge on any atom is -0.444 e. The van der Waals surface area contributed by atoms with E-state index in [4.69, 9.17) is 4.74 Å². The number of hydrogen-bond donors (Lipinski definition) is 1. The zero-order chi connectivity index (χ0) is 11.5. The van der Waals surface area contributed by atoms with Crippen LogP contribution < -0.4 is 5.32 Å². The van der Waals surface area contributed by atoms with Crippen molar-refractivity contribution in [2.24, 2.45) is 0 Å². The average Bonchev–Trinajstić information content (AvgIpc) is 1.99. The summed E-state index contributed by atoms with van der Waals surface area (Å²) < 4.78 is 18.1. The molecule has 1 fully saturated rings. The highest BCUT2D eigenvalue weighted by Crippen LogP contribution is 2.21. The molecular weight excluding hydrogens is 197 g/mol. The van der Waals surface area contributed by atoms with Crippen molar-refractivity contribution in [3.05, 3.63) is 0 Å². The van der Waals surface area contributed by atoms with E-state index in [-0.39, 0.29) is 6.04 Å². The third-order valence-corrected chi connectivity index (χ3v) is 2.33. The predicted octanol–water partition coefficient (Wildman–Crippen LogP) is 2.79. The lowest BCUT2D eigenvalue weighted by atomic mass is 9.94. The van der Waals surface area contributed by atoms with Crippen molar-refractivity contribution in [2.75, 3.05) is 0 Å². The molecular formula is C11H20FNO2. The minimum absolute atomic E-state index is 0.0661. The highest BCUT2D eigenvalue weighted by molar-refractivity contribution is 5.68. The van der Waals surface area contributed by atoms with Gasteiger partial charge in [0.15, 0.2) is 0 Å². The first kappa shape index (κ1) is 12.3. The molecule has 4 heteroatoms. The van der Waals surface area contributed by atoms with Gasteiger partial charge in [-0.05, 0) is 46.5 Å². The molecule has 3 nitrogen and oxygen atoms in total. The molecule has 88 valence electrons. The van der Waals surface area contributed by atoms with Crippen LogP contribution in [0.2, 0.25) is 0 Å². The highest BCUT2D eigenvalue weighted by Gasteiger charge is 2.24. The summed E-state index contributed by atoms with van der Waals surface area (Å²) >= 11 is 0. The molecule has 0 aliphatic heterocycles. The fourth-order valence-corrected chi connectivity index (χ4v) is 1.74. The molecule has 0 saturated heterocycles. The Morgan fingerprint density at radius 3 is 2.60 bits per heavy atom. The molecule has 1 rings (SSSR count). The van der Waals surface area contributed by atoms with Gasteiger partial charge in [0.25, 0.3) is 0 Å². The second kappa shape index (κ2) is 4.81. The van der Waals surface area contributed by atoms with Gasteiger partial charge in [-0.2, -0.15) is 0 Å². The number of hydrogen-bond acceptors (Lipinski definition) is 2. The summed E-state index contributed by atoms with van der Waals surface area (Å²) in [4.78, 5) is 11.4. The molecule has 0 heterocycles.